The van der Waals surface area contributed by atoms with E-state index < -0.39 is 0 Å². The third kappa shape index (κ3) is 2.06. The highest BCUT2D eigenvalue weighted by Crippen LogP contribution is 2.27. The summed E-state index contributed by atoms with van der Waals surface area (Å²) in [5.74, 6) is 1.56. The molecule has 0 spiro atoms. The molecule has 2 aromatic rings. The Morgan fingerprint density at radius 2 is 2.12 bits per heavy atom. The van der Waals surface area contributed by atoms with Gasteiger partial charge in [-0.3, -0.25) is 4.79 Å². The summed E-state index contributed by atoms with van der Waals surface area (Å²) in [6.07, 6.45) is 0. The summed E-state index contributed by atoms with van der Waals surface area (Å²) in [5, 5.41) is 0.391. The quantitative estimate of drug-likeness (QED) is 0.847. The van der Waals surface area contributed by atoms with Crippen LogP contribution in [0.5, 0.6) is 11.5 Å². The van der Waals surface area contributed by atoms with Crippen LogP contribution in [0.4, 0.5) is 0 Å². The van der Waals surface area contributed by atoms with Gasteiger partial charge in [-0.2, -0.15) is 0 Å². The Morgan fingerprint density at radius 1 is 1.35 bits per heavy atom. The summed E-state index contributed by atoms with van der Waals surface area (Å²) < 4.78 is 10.3. The summed E-state index contributed by atoms with van der Waals surface area (Å²) >= 11 is 5.65. The van der Waals surface area contributed by atoms with Crippen LogP contribution in [0.25, 0.3) is 10.9 Å². The van der Waals surface area contributed by atoms with Crippen molar-refractivity contribution in [3.05, 3.63) is 28.3 Å². The van der Waals surface area contributed by atoms with Gasteiger partial charge >= 0.3 is 0 Å². The van der Waals surface area contributed by atoms with Gasteiger partial charge in [-0.25, -0.2) is 4.98 Å². The first-order chi connectivity index (χ1) is 8.19. The first-order valence-corrected chi connectivity index (χ1v) is 5.44. The molecule has 0 unspecified atom stereocenters. The molecule has 6 heteroatoms. The number of hydrogen-bond donors (Lipinski definition) is 1. The van der Waals surface area contributed by atoms with Gasteiger partial charge in [0.05, 0.1) is 25.6 Å². The second kappa shape index (κ2) is 4.63. The average molecular weight is 255 g/mol. The van der Waals surface area contributed by atoms with Crippen LogP contribution >= 0.6 is 11.6 Å². The number of alkyl halides is 1. The number of halogens is 1. The van der Waals surface area contributed by atoms with Crippen LogP contribution in [-0.2, 0) is 5.88 Å². The van der Waals surface area contributed by atoms with Crippen molar-refractivity contribution in [1.82, 2.24) is 9.97 Å². The number of H-pyrrole nitrogens is 1. The van der Waals surface area contributed by atoms with Crippen molar-refractivity contribution in [1.29, 1.82) is 0 Å². The number of ether oxygens (including phenoxy) is 2. The topological polar surface area (TPSA) is 64.2 Å². The van der Waals surface area contributed by atoms with E-state index in [1.54, 1.807) is 12.1 Å². The SMILES string of the molecule is COc1cc(OC)c2c(=O)[nH]c(CCl)nc2c1. The van der Waals surface area contributed by atoms with Crippen LogP contribution < -0.4 is 15.0 Å². The molecule has 1 N–H and O–H groups in total. The Hall–Kier alpha value is -1.75. The van der Waals surface area contributed by atoms with Crippen molar-refractivity contribution in [3.8, 4) is 11.5 Å². The van der Waals surface area contributed by atoms with Crippen molar-refractivity contribution < 1.29 is 9.47 Å². The van der Waals surface area contributed by atoms with E-state index in [-0.39, 0.29) is 11.4 Å². The number of fused-ring (bicyclic) bond motifs is 1. The molecule has 0 aliphatic heterocycles. The Labute approximate surface area is 102 Å². The van der Waals surface area contributed by atoms with E-state index in [1.807, 2.05) is 0 Å². The molecular formula is C11H11ClN2O3. The highest BCUT2D eigenvalue weighted by Gasteiger charge is 2.11. The lowest BCUT2D eigenvalue weighted by molar-refractivity contribution is 0.397. The van der Waals surface area contributed by atoms with Gasteiger partial charge in [0.15, 0.2) is 0 Å². The lowest BCUT2D eigenvalue weighted by Gasteiger charge is -2.08. The van der Waals surface area contributed by atoms with Crippen LogP contribution in [-0.4, -0.2) is 24.2 Å². The van der Waals surface area contributed by atoms with Gasteiger partial charge in [0.2, 0.25) is 0 Å². The van der Waals surface area contributed by atoms with Crippen LogP contribution in [0, 0.1) is 0 Å². The average Bonchev–Trinajstić information content (AvgIpc) is 2.36. The van der Waals surface area contributed by atoms with Gasteiger partial charge in [-0.1, -0.05) is 0 Å². The van der Waals surface area contributed by atoms with Crippen LogP contribution in [0.1, 0.15) is 5.82 Å². The predicted molar refractivity (Wildman–Crippen MR) is 65.0 cm³/mol. The number of aromatic nitrogens is 2. The molecule has 0 amide bonds. The van der Waals surface area contributed by atoms with Crippen molar-refractivity contribution in [2.75, 3.05) is 14.2 Å². The fourth-order valence-corrected chi connectivity index (χ4v) is 1.73. The molecule has 1 aromatic heterocycles. The maximum absolute atomic E-state index is 11.9. The standard InChI is InChI=1S/C11H11ClN2O3/c1-16-6-3-7-10(8(4-6)17-2)11(15)14-9(5-12)13-7/h3-4H,5H2,1-2H3,(H,13,14,15). The van der Waals surface area contributed by atoms with Crippen molar-refractivity contribution in [2.45, 2.75) is 5.88 Å². The fraction of sp³-hybridized carbons (Fsp3) is 0.273. The van der Waals surface area contributed by atoms with E-state index in [1.165, 1.54) is 14.2 Å². The predicted octanol–water partition coefficient (Wildman–Crippen LogP) is 1.68. The van der Waals surface area contributed by atoms with Crippen LogP contribution in [0.15, 0.2) is 16.9 Å². The second-order valence-corrected chi connectivity index (χ2v) is 3.64. The molecule has 0 saturated heterocycles. The number of rotatable bonds is 3. The highest BCUT2D eigenvalue weighted by molar-refractivity contribution is 6.16. The van der Waals surface area contributed by atoms with Crippen molar-refractivity contribution >= 4 is 22.5 Å². The minimum atomic E-state index is -0.273. The molecule has 2 rings (SSSR count). The minimum Gasteiger partial charge on any atom is -0.497 e. The summed E-state index contributed by atoms with van der Waals surface area (Å²) in [4.78, 5) is 18.7. The Morgan fingerprint density at radius 3 is 2.71 bits per heavy atom. The third-order valence-electron chi connectivity index (χ3n) is 2.38. The number of aromatic amines is 1. The van der Waals surface area contributed by atoms with E-state index in [2.05, 4.69) is 9.97 Å². The molecule has 1 aromatic carbocycles. The molecule has 5 nitrogen and oxygen atoms in total. The van der Waals surface area contributed by atoms with E-state index in [4.69, 9.17) is 21.1 Å². The smallest absolute Gasteiger partial charge is 0.262 e. The molecule has 90 valence electrons. The van der Waals surface area contributed by atoms with Crippen molar-refractivity contribution in [3.63, 3.8) is 0 Å². The van der Waals surface area contributed by atoms with Gasteiger partial charge in [-0.05, 0) is 0 Å². The molecule has 1 heterocycles. The zero-order chi connectivity index (χ0) is 12.4. The lowest BCUT2D eigenvalue weighted by atomic mass is 10.2. The molecule has 0 fully saturated rings. The van der Waals surface area contributed by atoms with Crippen LogP contribution in [0.2, 0.25) is 0 Å². The molecule has 0 aliphatic carbocycles. The third-order valence-corrected chi connectivity index (χ3v) is 2.63. The van der Waals surface area contributed by atoms with E-state index in [9.17, 15) is 4.79 Å². The lowest BCUT2D eigenvalue weighted by Crippen LogP contribution is -2.12. The van der Waals surface area contributed by atoms with Crippen LogP contribution in [0.3, 0.4) is 0 Å². The van der Waals surface area contributed by atoms with Gasteiger partial charge in [-0.15, -0.1) is 11.6 Å². The van der Waals surface area contributed by atoms with E-state index in [0.29, 0.717) is 28.2 Å². The Kier molecular flexibility index (Phi) is 3.19. The van der Waals surface area contributed by atoms with E-state index in [0.717, 1.165) is 0 Å². The molecule has 0 aliphatic rings. The highest BCUT2D eigenvalue weighted by atomic mass is 35.5. The van der Waals surface area contributed by atoms with Gasteiger partial charge in [0, 0.05) is 12.1 Å². The minimum absolute atomic E-state index is 0.144. The number of nitrogens with one attached hydrogen (secondary N) is 1. The maximum atomic E-state index is 11.9. The number of benzene rings is 1. The summed E-state index contributed by atoms with van der Waals surface area (Å²) in [7, 11) is 3.03. The first-order valence-electron chi connectivity index (χ1n) is 4.90. The van der Waals surface area contributed by atoms with E-state index >= 15 is 0 Å². The normalized spacial score (nSPS) is 10.5. The maximum Gasteiger partial charge on any atom is 0.262 e. The number of methoxy groups -OCH3 is 2. The summed E-state index contributed by atoms with van der Waals surface area (Å²) in [6, 6.07) is 3.31. The second-order valence-electron chi connectivity index (χ2n) is 3.37. The summed E-state index contributed by atoms with van der Waals surface area (Å²) in [6.45, 7) is 0. The van der Waals surface area contributed by atoms with Gasteiger partial charge in [0.1, 0.15) is 22.7 Å². The zero-order valence-corrected chi connectivity index (χ0v) is 10.2. The van der Waals surface area contributed by atoms with Crippen molar-refractivity contribution in [2.24, 2.45) is 0 Å². The molecule has 0 bridgehead atoms. The molecular weight excluding hydrogens is 244 g/mol. The number of nitrogens with zero attached hydrogens (tertiary/aromatic N) is 1. The number of hydrogen-bond acceptors (Lipinski definition) is 4. The summed E-state index contributed by atoms with van der Waals surface area (Å²) in [5.41, 5.74) is 0.228. The molecule has 0 radical (unpaired) electrons. The monoisotopic (exact) mass is 254 g/mol. The Bertz CT molecular complexity index is 604. The van der Waals surface area contributed by atoms with Gasteiger partial charge in [0.25, 0.3) is 5.56 Å². The molecule has 0 saturated carbocycles. The first kappa shape index (κ1) is 11.7. The largest absolute Gasteiger partial charge is 0.497 e. The molecule has 0 atom stereocenters. The Balaban J connectivity index is 2.84. The zero-order valence-electron chi connectivity index (χ0n) is 9.41. The van der Waals surface area contributed by atoms with Gasteiger partial charge < -0.3 is 14.5 Å². The molecule has 17 heavy (non-hydrogen) atoms. The fourth-order valence-electron chi connectivity index (χ4n) is 1.60.